The van der Waals surface area contributed by atoms with Gasteiger partial charge < -0.3 is 20.3 Å². The Morgan fingerprint density at radius 1 is 1.25 bits per heavy atom. The maximum atomic E-state index is 12.5. The van der Waals surface area contributed by atoms with Crippen molar-refractivity contribution in [2.24, 2.45) is 0 Å². The van der Waals surface area contributed by atoms with Crippen LogP contribution in [0.1, 0.15) is 40.0 Å². The molecule has 2 heterocycles. The second-order valence-electron chi connectivity index (χ2n) is 6.95. The van der Waals surface area contributed by atoms with E-state index in [4.69, 9.17) is 0 Å². The average molecular weight is 329 g/mol. The molecule has 1 aliphatic rings. The first-order valence-electron chi connectivity index (χ1n) is 8.74. The second-order valence-corrected chi connectivity index (χ2v) is 6.95. The number of β-amino-alcohol motifs (C(OH)–C–C–N with tert-alkyl or cyclic N) is 1. The summed E-state index contributed by atoms with van der Waals surface area (Å²) >= 11 is 0. The molecule has 0 radical (unpaired) electrons. The molecule has 0 spiro atoms. The number of likely N-dealkylation sites (tertiary alicyclic amines) is 1. The van der Waals surface area contributed by atoms with Crippen molar-refractivity contribution in [3.05, 3.63) is 34.5 Å². The van der Waals surface area contributed by atoms with Crippen molar-refractivity contribution < 1.29 is 9.90 Å². The molecule has 1 aromatic carbocycles. The Morgan fingerprint density at radius 2 is 1.92 bits per heavy atom. The number of benzene rings is 1. The first kappa shape index (κ1) is 17.0. The molecule has 0 bridgehead atoms. The van der Waals surface area contributed by atoms with Crippen molar-refractivity contribution in [1.82, 2.24) is 15.2 Å². The number of carbonyl (C=O) groups is 1. The van der Waals surface area contributed by atoms with Crippen LogP contribution in [0.25, 0.3) is 10.9 Å². The Balaban J connectivity index is 1.69. The van der Waals surface area contributed by atoms with Gasteiger partial charge in [0.25, 0.3) is 5.91 Å². The minimum atomic E-state index is -0.528. The van der Waals surface area contributed by atoms with Crippen LogP contribution in [-0.2, 0) is 0 Å². The monoisotopic (exact) mass is 329 g/mol. The molecule has 1 aliphatic heterocycles. The molecule has 0 aliphatic carbocycles. The largest absolute Gasteiger partial charge is 0.390 e. The van der Waals surface area contributed by atoms with Gasteiger partial charge in [-0.1, -0.05) is 12.1 Å². The lowest BCUT2D eigenvalue weighted by molar-refractivity contribution is 0.0875. The van der Waals surface area contributed by atoms with Crippen LogP contribution in [0.3, 0.4) is 0 Å². The minimum Gasteiger partial charge on any atom is -0.390 e. The fraction of sp³-hybridized carbons (Fsp3) is 0.526. The summed E-state index contributed by atoms with van der Waals surface area (Å²) in [5, 5.41) is 14.1. The number of hydrogen-bond donors (Lipinski definition) is 3. The van der Waals surface area contributed by atoms with Gasteiger partial charge in [0.2, 0.25) is 0 Å². The third-order valence-electron chi connectivity index (χ3n) is 5.01. The number of aromatic amines is 1. The number of rotatable bonds is 5. The number of hydrogen-bond acceptors (Lipinski definition) is 3. The SMILES string of the molecule is Cc1ccc(C)c2c(C)c(C(=O)NC[C@@H](O)CN3CCCC3)[nH]c12. The van der Waals surface area contributed by atoms with Gasteiger partial charge in [-0.2, -0.15) is 0 Å². The zero-order valence-electron chi connectivity index (χ0n) is 14.8. The Labute approximate surface area is 143 Å². The topological polar surface area (TPSA) is 68.4 Å². The molecule has 5 nitrogen and oxygen atoms in total. The molecule has 0 saturated carbocycles. The highest BCUT2D eigenvalue weighted by molar-refractivity contribution is 6.02. The number of amides is 1. The van der Waals surface area contributed by atoms with E-state index in [1.807, 2.05) is 13.8 Å². The smallest absolute Gasteiger partial charge is 0.268 e. The Morgan fingerprint density at radius 3 is 2.58 bits per heavy atom. The standard InChI is InChI=1S/C19H27N3O2/c1-12-6-7-13(2)17-16(12)14(3)18(21-17)19(24)20-10-15(23)11-22-8-4-5-9-22/h6-7,15,21,23H,4-5,8-11H2,1-3H3,(H,20,24)/t15-/m1/s1. The van der Waals surface area contributed by atoms with E-state index in [2.05, 4.69) is 34.3 Å². The van der Waals surface area contributed by atoms with E-state index in [1.165, 1.54) is 12.8 Å². The van der Waals surface area contributed by atoms with Crippen LogP contribution >= 0.6 is 0 Å². The van der Waals surface area contributed by atoms with Gasteiger partial charge in [0.15, 0.2) is 0 Å². The van der Waals surface area contributed by atoms with E-state index in [9.17, 15) is 9.90 Å². The maximum absolute atomic E-state index is 12.5. The molecule has 24 heavy (non-hydrogen) atoms. The van der Waals surface area contributed by atoms with Crippen LogP contribution < -0.4 is 5.32 Å². The quantitative estimate of drug-likeness (QED) is 0.788. The van der Waals surface area contributed by atoms with Crippen LogP contribution in [-0.4, -0.2) is 53.2 Å². The molecule has 1 aromatic heterocycles. The lowest BCUT2D eigenvalue weighted by atomic mass is 10.0. The molecular formula is C19H27N3O2. The predicted octanol–water partition coefficient (Wildman–Crippen LogP) is 2.28. The number of aromatic nitrogens is 1. The Hall–Kier alpha value is -1.85. The van der Waals surface area contributed by atoms with Gasteiger partial charge in [-0.25, -0.2) is 0 Å². The number of nitrogens with zero attached hydrogens (tertiary/aromatic N) is 1. The van der Waals surface area contributed by atoms with Gasteiger partial charge in [0.05, 0.1) is 6.10 Å². The normalized spacial score (nSPS) is 16.7. The number of carbonyl (C=O) groups excluding carboxylic acids is 1. The van der Waals surface area contributed by atoms with E-state index >= 15 is 0 Å². The van der Waals surface area contributed by atoms with Crippen molar-refractivity contribution in [1.29, 1.82) is 0 Å². The first-order chi connectivity index (χ1) is 11.5. The van der Waals surface area contributed by atoms with Crippen LogP contribution in [0.15, 0.2) is 12.1 Å². The zero-order valence-corrected chi connectivity index (χ0v) is 14.8. The molecule has 3 rings (SSSR count). The fourth-order valence-corrected chi connectivity index (χ4v) is 3.65. The maximum Gasteiger partial charge on any atom is 0.268 e. The van der Waals surface area contributed by atoms with E-state index in [0.717, 1.165) is 40.7 Å². The summed E-state index contributed by atoms with van der Waals surface area (Å²) in [6.07, 6.45) is 1.87. The molecule has 2 aromatic rings. The van der Waals surface area contributed by atoms with Gasteiger partial charge >= 0.3 is 0 Å². The van der Waals surface area contributed by atoms with Crippen molar-refractivity contribution in [2.45, 2.75) is 39.7 Å². The number of aliphatic hydroxyl groups excluding tert-OH is 1. The van der Waals surface area contributed by atoms with Crippen molar-refractivity contribution >= 4 is 16.8 Å². The summed E-state index contributed by atoms with van der Waals surface area (Å²) in [4.78, 5) is 18.0. The summed E-state index contributed by atoms with van der Waals surface area (Å²) in [5.41, 5.74) is 4.88. The minimum absolute atomic E-state index is 0.150. The molecular weight excluding hydrogens is 302 g/mol. The summed E-state index contributed by atoms with van der Waals surface area (Å²) < 4.78 is 0. The highest BCUT2D eigenvalue weighted by atomic mass is 16.3. The van der Waals surface area contributed by atoms with Gasteiger partial charge in [0.1, 0.15) is 5.69 Å². The fourth-order valence-electron chi connectivity index (χ4n) is 3.65. The average Bonchev–Trinajstić information content (AvgIpc) is 3.17. The molecule has 3 N–H and O–H groups in total. The van der Waals surface area contributed by atoms with Gasteiger partial charge in [-0.05, 0) is 63.4 Å². The Bertz CT molecular complexity index is 745. The van der Waals surface area contributed by atoms with Crippen LogP contribution in [0.4, 0.5) is 0 Å². The number of nitrogens with one attached hydrogen (secondary N) is 2. The zero-order chi connectivity index (χ0) is 17.3. The lowest BCUT2D eigenvalue weighted by Gasteiger charge is -2.19. The van der Waals surface area contributed by atoms with Crippen LogP contribution in [0.5, 0.6) is 0 Å². The summed E-state index contributed by atoms with van der Waals surface area (Å²) in [5.74, 6) is -0.150. The summed E-state index contributed by atoms with van der Waals surface area (Å²) in [6.45, 7) is 9.08. The molecule has 1 amide bonds. The van der Waals surface area contributed by atoms with Crippen LogP contribution in [0, 0.1) is 20.8 Å². The molecule has 1 atom stereocenters. The first-order valence-corrected chi connectivity index (χ1v) is 8.74. The van der Waals surface area contributed by atoms with Crippen molar-refractivity contribution in [2.75, 3.05) is 26.2 Å². The van der Waals surface area contributed by atoms with Gasteiger partial charge in [-0.15, -0.1) is 0 Å². The molecule has 130 valence electrons. The third-order valence-corrected chi connectivity index (χ3v) is 5.01. The van der Waals surface area contributed by atoms with Crippen LogP contribution in [0.2, 0.25) is 0 Å². The third kappa shape index (κ3) is 3.32. The number of H-pyrrole nitrogens is 1. The molecule has 1 fully saturated rings. The van der Waals surface area contributed by atoms with Crippen molar-refractivity contribution in [3.8, 4) is 0 Å². The second kappa shape index (κ2) is 6.95. The summed E-state index contributed by atoms with van der Waals surface area (Å²) in [7, 11) is 0. The molecule has 0 unspecified atom stereocenters. The lowest BCUT2D eigenvalue weighted by Crippen LogP contribution is -2.39. The summed E-state index contributed by atoms with van der Waals surface area (Å²) in [6, 6.07) is 4.15. The number of fused-ring (bicyclic) bond motifs is 1. The van der Waals surface area contributed by atoms with E-state index in [0.29, 0.717) is 12.2 Å². The predicted molar refractivity (Wildman–Crippen MR) is 96.5 cm³/mol. The number of aliphatic hydroxyl groups is 1. The highest BCUT2D eigenvalue weighted by Gasteiger charge is 2.19. The van der Waals surface area contributed by atoms with E-state index in [1.54, 1.807) is 0 Å². The van der Waals surface area contributed by atoms with Gasteiger partial charge in [0, 0.05) is 24.0 Å². The molecule has 1 saturated heterocycles. The highest BCUT2D eigenvalue weighted by Crippen LogP contribution is 2.27. The van der Waals surface area contributed by atoms with Gasteiger partial charge in [-0.3, -0.25) is 4.79 Å². The van der Waals surface area contributed by atoms with Crippen molar-refractivity contribution in [3.63, 3.8) is 0 Å². The van der Waals surface area contributed by atoms with E-state index in [-0.39, 0.29) is 12.5 Å². The van der Waals surface area contributed by atoms with E-state index < -0.39 is 6.10 Å². The molecule has 5 heteroatoms. The number of aryl methyl sites for hydroxylation is 3. The Kier molecular flexibility index (Phi) is 4.92.